The lowest BCUT2D eigenvalue weighted by atomic mass is 10.2. The zero-order valence-electron chi connectivity index (χ0n) is 17.9. The highest BCUT2D eigenvalue weighted by Crippen LogP contribution is 2.36. The number of pyridine rings is 1. The van der Waals surface area contributed by atoms with Crippen LogP contribution in [0, 0.1) is 0 Å². The number of ether oxygens (including phenoxy) is 1. The van der Waals surface area contributed by atoms with Crippen molar-refractivity contribution >= 4 is 11.7 Å². The summed E-state index contributed by atoms with van der Waals surface area (Å²) in [5.41, 5.74) is 3.40. The first-order chi connectivity index (χ1) is 16.2. The van der Waals surface area contributed by atoms with E-state index < -0.39 is 0 Å². The first-order valence-electron chi connectivity index (χ1n) is 10.8. The average molecular weight is 441 g/mol. The molecule has 166 valence electrons. The Morgan fingerprint density at radius 3 is 2.73 bits per heavy atom. The van der Waals surface area contributed by atoms with Crippen LogP contribution in [-0.4, -0.2) is 31.2 Å². The van der Waals surface area contributed by atoms with E-state index in [1.807, 2.05) is 71.4 Å². The highest BCUT2D eigenvalue weighted by Gasteiger charge is 2.28. The number of aromatic nitrogens is 5. The molecule has 0 aliphatic heterocycles. The van der Waals surface area contributed by atoms with Crippen molar-refractivity contribution in [2.45, 2.75) is 32.0 Å². The predicted molar refractivity (Wildman–Crippen MR) is 122 cm³/mol. The van der Waals surface area contributed by atoms with Gasteiger partial charge in [0.15, 0.2) is 5.82 Å². The van der Waals surface area contributed by atoms with Crippen LogP contribution in [0.5, 0.6) is 5.75 Å². The zero-order valence-corrected chi connectivity index (χ0v) is 17.9. The Morgan fingerprint density at radius 1 is 1.06 bits per heavy atom. The van der Waals surface area contributed by atoms with Crippen molar-refractivity contribution < 1.29 is 9.53 Å². The summed E-state index contributed by atoms with van der Waals surface area (Å²) in [6.45, 7) is 0.766. The number of urea groups is 1. The molecule has 2 amide bonds. The van der Waals surface area contributed by atoms with E-state index in [1.54, 1.807) is 6.20 Å². The molecule has 1 aliphatic rings. The molecule has 0 unspecified atom stereocenters. The number of carbonyl (C=O) groups excluding carboxylic acids is 1. The summed E-state index contributed by atoms with van der Waals surface area (Å²) in [4.78, 5) is 16.6. The van der Waals surface area contributed by atoms with Crippen LogP contribution in [0.15, 0.2) is 72.9 Å². The fourth-order valence-electron chi connectivity index (χ4n) is 3.39. The summed E-state index contributed by atoms with van der Waals surface area (Å²) >= 11 is 0. The molecule has 0 saturated heterocycles. The standard InChI is InChI=1S/C24H23N7O2/c32-24(26-15-17-4-3-6-22(14-17)33-16-20-5-1-2-13-25-20)27-19-9-7-18(8-10-19)23-28-29-30-31(23)21-11-12-21/h1-10,13-14,21H,11-12,15-16H2,(H2,26,27,32). The highest BCUT2D eigenvalue weighted by atomic mass is 16.5. The molecule has 0 spiro atoms. The van der Waals surface area contributed by atoms with Crippen molar-refractivity contribution in [3.8, 4) is 17.1 Å². The van der Waals surface area contributed by atoms with E-state index in [-0.39, 0.29) is 6.03 Å². The van der Waals surface area contributed by atoms with E-state index in [0.29, 0.717) is 24.9 Å². The largest absolute Gasteiger partial charge is 0.487 e. The topological polar surface area (TPSA) is 107 Å². The molecule has 0 bridgehead atoms. The van der Waals surface area contributed by atoms with Crippen molar-refractivity contribution in [3.05, 3.63) is 84.2 Å². The molecule has 1 fully saturated rings. The van der Waals surface area contributed by atoms with Crippen LogP contribution < -0.4 is 15.4 Å². The normalized spacial score (nSPS) is 12.8. The van der Waals surface area contributed by atoms with Gasteiger partial charge in [0, 0.05) is 24.0 Å². The highest BCUT2D eigenvalue weighted by molar-refractivity contribution is 5.89. The van der Waals surface area contributed by atoms with Crippen LogP contribution in [0.4, 0.5) is 10.5 Å². The second kappa shape index (κ2) is 9.47. The number of tetrazole rings is 1. The van der Waals surface area contributed by atoms with Crippen LogP contribution in [0.2, 0.25) is 0 Å². The van der Waals surface area contributed by atoms with Gasteiger partial charge >= 0.3 is 6.03 Å². The second-order valence-corrected chi connectivity index (χ2v) is 7.82. The molecule has 1 aliphatic carbocycles. The smallest absolute Gasteiger partial charge is 0.319 e. The van der Waals surface area contributed by atoms with Crippen molar-refractivity contribution in [1.82, 2.24) is 30.5 Å². The molecule has 4 aromatic rings. The molecule has 2 heterocycles. The van der Waals surface area contributed by atoms with E-state index in [0.717, 1.165) is 41.2 Å². The summed E-state index contributed by atoms with van der Waals surface area (Å²) in [5, 5.41) is 17.7. The Kier molecular flexibility index (Phi) is 5.92. The number of rotatable bonds is 8. The van der Waals surface area contributed by atoms with Gasteiger partial charge in [0.05, 0.1) is 11.7 Å². The van der Waals surface area contributed by atoms with Gasteiger partial charge < -0.3 is 15.4 Å². The summed E-state index contributed by atoms with van der Waals surface area (Å²) in [6.07, 6.45) is 3.96. The number of hydrogen-bond donors (Lipinski definition) is 2. The number of carbonyl (C=O) groups is 1. The lowest BCUT2D eigenvalue weighted by Crippen LogP contribution is -2.28. The van der Waals surface area contributed by atoms with E-state index in [1.165, 1.54) is 0 Å². The van der Waals surface area contributed by atoms with Gasteiger partial charge in [-0.2, -0.15) is 0 Å². The Hall–Kier alpha value is -4.27. The zero-order chi connectivity index (χ0) is 22.5. The van der Waals surface area contributed by atoms with Gasteiger partial charge in [-0.1, -0.05) is 18.2 Å². The summed E-state index contributed by atoms with van der Waals surface area (Å²) in [7, 11) is 0. The molecule has 5 rings (SSSR count). The van der Waals surface area contributed by atoms with E-state index in [2.05, 4.69) is 31.1 Å². The van der Waals surface area contributed by atoms with Gasteiger partial charge in [0.25, 0.3) is 0 Å². The fourth-order valence-corrected chi connectivity index (χ4v) is 3.39. The summed E-state index contributed by atoms with van der Waals surface area (Å²) in [6, 6.07) is 20.9. The lowest BCUT2D eigenvalue weighted by molar-refractivity contribution is 0.251. The summed E-state index contributed by atoms with van der Waals surface area (Å²) < 4.78 is 7.66. The van der Waals surface area contributed by atoms with Crippen molar-refractivity contribution in [2.75, 3.05) is 5.32 Å². The Balaban J connectivity index is 1.13. The van der Waals surface area contributed by atoms with Crippen LogP contribution in [0.1, 0.15) is 30.1 Å². The molecule has 0 radical (unpaired) electrons. The molecule has 2 aromatic carbocycles. The van der Waals surface area contributed by atoms with Crippen LogP contribution in [0.25, 0.3) is 11.4 Å². The van der Waals surface area contributed by atoms with Gasteiger partial charge in [0.2, 0.25) is 0 Å². The van der Waals surface area contributed by atoms with Crippen molar-refractivity contribution in [3.63, 3.8) is 0 Å². The molecule has 9 nitrogen and oxygen atoms in total. The van der Waals surface area contributed by atoms with Crippen LogP contribution in [0.3, 0.4) is 0 Å². The Labute approximate surface area is 190 Å². The predicted octanol–water partition coefficient (Wildman–Crippen LogP) is 3.97. The van der Waals surface area contributed by atoms with Gasteiger partial charge in [-0.25, -0.2) is 9.48 Å². The maximum Gasteiger partial charge on any atom is 0.319 e. The molecule has 1 saturated carbocycles. The number of hydrogen-bond acceptors (Lipinski definition) is 6. The van der Waals surface area contributed by atoms with Gasteiger partial charge in [0.1, 0.15) is 12.4 Å². The van der Waals surface area contributed by atoms with Crippen LogP contribution >= 0.6 is 0 Å². The van der Waals surface area contributed by atoms with Crippen molar-refractivity contribution in [2.24, 2.45) is 0 Å². The molecule has 0 atom stereocenters. The number of anilines is 1. The van der Waals surface area contributed by atoms with Crippen LogP contribution in [-0.2, 0) is 13.2 Å². The minimum absolute atomic E-state index is 0.287. The van der Waals surface area contributed by atoms with Gasteiger partial charge in [-0.3, -0.25) is 4.98 Å². The third-order valence-corrected chi connectivity index (χ3v) is 5.25. The number of amides is 2. The molecular formula is C24H23N7O2. The Bertz CT molecular complexity index is 1220. The van der Waals surface area contributed by atoms with E-state index in [9.17, 15) is 4.79 Å². The summed E-state index contributed by atoms with van der Waals surface area (Å²) in [5.74, 6) is 1.48. The van der Waals surface area contributed by atoms with E-state index >= 15 is 0 Å². The maximum absolute atomic E-state index is 12.3. The quantitative estimate of drug-likeness (QED) is 0.428. The lowest BCUT2D eigenvalue weighted by Gasteiger charge is -2.10. The number of nitrogens with one attached hydrogen (secondary N) is 2. The minimum atomic E-state index is -0.287. The SMILES string of the molecule is O=C(NCc1cccc(OCc2ccccn2)c1)Nc1ccc(-c2nnnn2C2CC2)cc1. The fraction of sp³-hybridized carbons (Fsp3) is 0.208. The van der Waals surface area contributed by atoms with Gasteiger partial charge in [-0.15, -0.1) is 5.10 Å². The first-order valence-corrected chi connectivity index (χ1v) is 10.8. The Morgan fingerprint density at radius 2 is 1.94 bits per heavy atom. The average Bonchev–Trinajstić information content (AvgIpc) is 3.59. The third kappa shape index (κ3) is 5.32. The number of benzene rings is 2. The molecule has 9 heteroatoms. The monoisotopic (exact) mass is 441 g/mol. The van der Waals surface area contributed by atoms with E-state index in [4.69, 9.17) is 4.74 Å². The second-order valence-electron chi connectivity index (χ2n) is 7.82. The third-order valence-electron chi connectivity index (χ3n) is 5.25. The van der Waals surface area contributed by atoms with Crippen molar-refractivity contribution in [1.29, 1.82) is 0 Å². The first kappa shape index (κ1) is 20.6. The molecular weight excluding hydrogens is 418 g/mol. The van der Waals surface area contributed by atoms with Gasteiger partial charge in [-0.05, 0) is 77.4 Å². The molecule has 33 heavy (non-hydrogen) atoms. The maximum atomic E-state index is 12.3. The molecule has 2 N–H and O–H groups in total. The minimum Gasteiger partial charge on any atom is -0.487 e. The molecule has 2 aromatic heterocycles. The number of nitrogens with zero attached hydrogens (tertiary/aromatic N) is 5.